The maximum atomic E-state index is 10.7. The van der Waals surface area contributed by atoms with Crippen LogP contribution in [0.2, 0.25) is 0 Å². The van der Waals surface area contributed by atoms with Crippen molar-refractivity contribution in [3.05, 3.63) is 46.8 Å². The smallest absolute Gasteiger partial charge is 0.130 e. The second-order valence-electron chi connectivity index (χ2n) is 4.69. The van der Waals surface area contributed by atoms with Crippen LogP contribution in [0.15, 0.2) is 24.4 Å². The van der Waals surface area contributed by atoms with Gasteiger partial charge in [-0.3, -0.25) is 0 Å². The van der Waals surface area contributed by atoms with Crippen molar-refractivity contribution in [2.45, 2.75) is 26.4 Å². The van der Waals surface area contributed by atoms with Crippen LogP contribution in [0.4, 0.5) is 0 Å². The molecule has 4 nitrogen and oxygen atoms in total. The number of hydrogen-bond acceptors (Lipinski definition) is 3. The van der Waals surface area contributed by atoms with Gasteiger partial charge in [-0.05, 0) is 26.3 Å². The minimum atomic E-state index is -1.07. The summed E-state index contributed by atoms with van der Waals surface area (Å²) < 4.78 is 1.59. The van der Waals surface area contributed by atoms with Crippen LogP contribution in [-0.4, -0.2) is 20.1 Å². The molecule has 4 heteroatoms. The second-order valence-corrected chi connectivity index (χ2v) is 4.69. The lowest BCUT2D eigenvalue weighted by Crippen LogP contribution is -2.26. The summed E-state index contributed by atoms with van der Waals surface area (Å²) in [6.07, 6.45) is 1.59. The van der Waals surface area contributed by atoms with Crippen molar-refractivity contribution >= 4 is 0 Å². The molecule has 0 amide bonds. The van der Waals surface area contributed by atoms with Gasteiger partial charge in [-0.15, -0.1) is 5.10 Å². The third kappa shape index (κ3) is 2.08. The molecular formula is C13H17N3O. The van der Waals surface area contributed by atoms with Crippen molar-refractivity contribution in [2.75, 3.05) is 0 Å². The third-order valence-electron chi connectivity index (χ3n) is 3.00. The van der Waals surface area contributed by atoms with Crippen LogP contribution < -0.4 is 0 Å². The quantitative estimate of drug-likeness (QED) is 0.855. The van der Waals surface area contributed by atoms with E-state index < -0.39 is 5.60 Å². The fraction of sp³-hybridized carbons (Fsp3) is 0.385. The summed E-state index contributed by atoms with van der Waals surface area (Å²) in [5.41, 5.74) is 2.74. The maximum Gasteiger partial charge on any atom is 0.130 e. The summed E-state index contributed by atoms with van der Waals surface area (Å²) in [6, 6.07) is 6.06. The predicted octanol–water partition coefficient (Wildman–Crippen LogP) is 1.69. The first-order valence-corrected chi connectivity index (χ1v) is 5.57. The zero-order valence-corrected chi connectivity index (χ0v) is 10.6. The zero-order chi connectivity index (χ0) is 12.6. The Balaban J connectivity index is 2.55. The molecule has 17 heavy (non-hydrogen) atoms. The van der Waals surface area contributed by atoms with Gasteiger partial charge in [0.15, 0.2) is 0 Å². The molecule has 0 spiro atoms. The number of aliphatic hydroxyl groups is 1. The van der Waals surface area contributed by atoms with E-state index in [1.54, 1.807) is 24.9 Å². The summed E-state index contributed by atoms with van der Waals surface area (Å²) in [6.45, 7) is 5.81. The molecule has 0 aliphatic rings. The van der Waals surface area contributed by atoms with Crippen molar-refractivity contribution in [1.29, 1.82) is 0 Å². The first-order chi connectivity index (χ1) is 7.91. The molecule has 1 N–H and O–H groups in total. The summed E-state index contributed by atoms with van der Waals surface area (Å²) >= 11 is 0. The van der Waals surface area contributed by atoms with Gasteiger partial charge in [0.25, 0.3) is 0 Å². The molecule has 0 saturated heterocycles. The molecule has 1 aromatic carbocycles. The lowest BCUT2D eigenvalue weighted by molar-refractivity contribution is 0.0928. The minimum absolute atomic E-state index is 0.683. The van der Waals surface area contributed by atoms with Gasteiger partial charge in [-0.25, -0.2) is 4.68 Å². The number of hydrogen-bond donors (Lipinski definition) is 1. The lowest BCUT2D eigenvalue weighted by atomic mass is 9.90. The Morgan fingerprint density at radius 3 is 2.24 bits per heavy atom. The molecule has 1 atom stereocenters. The summed E-state index contributed by atoms with van der Waals surface area (Å²) in [5.74, 6) is 0. The highest BCUT2D eigenvalue weighted by atomic mass is 16.3. The Morgan fingerprint density at radius 1 is 1.18 bits per heavy atom. The number of aryl methyl sites for hydroxylation is 3. The molecule has 0 aliphatic carbocycles. The van der Waals surface area contributed by atoms with Gasteiger partial charge in [-0.1, -0.05) is 34.5 Å². The summed E-state index contributed by atoms with van der Waals surface area (Å²) in [7, 11) is 1.78. The van der Waals surface area contributed by atoms with Gasteiger partial charge in [-0.2, -0.15) is 0 Å². The normalized spacial score (nSPS) is 14.6. The monoisotopic (exact) mass is 231 g/mol. The van der Waals surface area contributed by atoms with Crippen molar-refractivity contribution in [3.63, 3.8) is 0 Å². The number of nitrogens with zero attached hydrogens (tertiary/aromatic N) is 3. The van der Waals surface area contributed by atoms with Crippen LogP contribution in [-0.2, 0) is 12.6 Å². The molecule has 2 rings (SSSR count). The summed E-state index contributed by atoms with van der Waals surface area (Å²) in [5, 5.41) is 18.3. The highest BCUT2D eigenvalue weighted by Crippen LogP contribution is 2.29. The average molecular weight is 231 g/mol. The molecule has 90 valence electrons. The first-order valence-electron chi connectivity index (χ1n) is 5.57. The Morgan fingerprint density at radius 2 is 1.76 bits per heavy atom. The Labute approximate surface area is 101 Å². The van der Waals surface area contributed by atoms with E-state index in [0.717, 1.165) is 16.7 Å². The van der Waals surface area contributed by atoms with E-state index in [1.807, 2.05) is 26.0 Å². The third-order valence-corrected chi connectivity index (χ3v) is 3.00. The SMILES string of the molecule is Cc1cc(C)cc(C(C)(O)c2cnnn2C)c1. The minimum Gasteiger partial charge on any atom is -0.379 e. The fourth-order valence-electron chi connectivity index (χ4n) is 2.13. The van der Waals surface area contributed by atoms with Crippen LogP contribution in [0.3, 0.4) is 0 Å². The molecular weight excluding hydrogens is 214 g/mol. The van der Waals surface area contributed by atoms with Crippen LogP contribution in [0.5, 0.6) is 0 Å². The average Bonchev–Trinajstić information content (AvgIpc) is 2.63. The number of benzene rings is 1. The van der Waals surface area contributed by atoms with E-state index in [0.29, 0.717) is 5.69 Å². The van der Waals surface area contributed by atoms with Gasteiger partial charge in [0.2, 0.25) is 0 Å². The topological polar surface area (TPSA) is 50.9 Å². The van der Waals surface area contributed by atoms with Crippen LogP contribution in [0.1, 0.15) is 29.3 Å². The molecule has 2 aromatic rings. The van der Waals surface area contributed by atoms with Gasteiger partial charge >= 0.3 is 0 Å². The Kier molecular flexibility index (Phi) is 2.75. The van der Waals surface area contributed by atoms with E-state index >= 15 is 0 Å². The standard InChI is InChI=1S/C13H17N3O/c1-9-5-10(2)7-11(6-9)13(3,17)12-8-14-15-16(12)4/h5-8,17H,1-4H3. The molecule has 0 saturated carbocycles. The van der Waals surface area contributed by atoms with E-state index in [1.165, 1.54) is 0 Å². The van der Waals surface area contributed by atoms with Gasteiger partial charge in [0, 0.05) is 7.05 Å². The van der Waals surface area contributed by atoms with E-state index in [4.69, 9.17) is 0 Å². The Hall–Kier alpha value is -1.68. The van der Waals surface area contributed by atoms with Crippen molar-refractivity contribution in [2.24, 2.45) is 7.05 Å². The fourth-order valence-corrected chi connectivity index (χ4v) is 2.13. The lowest BCUT2D eigenvalue weighted by Gasteiger charge is -2.24. The second kappa shape index (κ2) is 3.96. The maximum absolute atomic E-state index is 10.7. The molecule has 0 radical (unpaired) electrons. The largest absolute Gasteiger partial charge is 0.379 e. The van der Waals surface area contributed by atoms with Crippen LogP contribution >= 0.6 is 0 Å². The van der Waals surface area contributed by atoms with Crippen LogP contribution in [0.25, 0.3) is 0 Å². The molecule has 0 aliphatic heterocycles. The highest BCUT2D eigenvalue weighted by Gasteiger charge is 2.29. The predicted molar refractivity (Wildman–Crippen MR) is 65.6 cm³/mol. The van der Waals surface area contributed by atoms with Crippen LogP contribution in [0, 0.1) is 13.8 Å². The number of rotatable bonds is 2. The molecule has 0 fully saturated rings. The van der Waals surface area contributed by atoms with Gasteiger partial charge < -0.3 is 5.11 Å². The van der Waals surface area contributed by atoms with Gasteiger partial charge in [0.1, 0.15) is 5.60 Å². The summed E-state index contributed by atoms with van der Waals surface area (Å²) in [4.78, 5) is 0. The molecule has 1 unspecified atom stereocenters. The van der Waals surface area contributed by atoms with E-state index in [9.17, 15) is 5.11 Å². The number of aromatic nitrogens is 3. The molecule has 0 bridgehead atoms. The van der Waals surface area contributed by atoms with Crippen molar-refractivity contribution in [1.82, 2.24) is 15.0 Å². The zero-order valence-electron chi connectivity index (χ0n) is 10.6. The van der Waals surface area contributed by atoms with Gasteiger partial charge in [0.05, 0.1) is 11.9 Å². The molecule has 1 aromatic heterocycles. The molecule has 1 heterocycles. The van der Waals surface area contributed by atoms with Crippen molar-refractivity contribution in [3.8, 4) is 0 Å². The van der Waals surface area contributed by atoms with E-state index in [-0.39, 0.29) is 0 Å². The highest BCUT2D eigenvalue weighted by molar-refractivity contribution is 5.36. The first kappa shape index (κ1) is 11.8. The van der Waals surface area contributed by atoms with E-state index in [2.05, 4.69) is 16.4 Å². The van der Waals surface area contributed by atoms with Crippen molar-refractivity contribution < 1.29 is 5.11 Å². The Bertz CT molecular complexity index is 523.